The molecule has 0 unspecified atom stereocenters. The van der Waals surface area contributed by atoms with Crippen LogP contribution in [0.15, 0.2) is 18.2 Å². The second kappa shape index (κ2) is 8.61. The number of benzene rings is 1. The predicted octanol–water partition coefficient (Wildman–Crippen LogP) is 2.53. The van der Waals surface area contributed by atoms with Crippen LogP contribution in [0.4, 0.5) is 10.5 Å². The average Bonchev–Trinajstić information content (AvgIpc) is 3.30. The first kappa shape index (κ1) is 20.0. The van der Waals surface area contributed by atoms with Crippen LogP contribution in [0, 0.1) is 5.92 Å². The lowest BCUT2D eigenvalue weighted by Gasteiger charge is -2.33. The van der Waals surface area contributed by atoms with Gasteiger partial charge in [0.25, 0.3) is 0 Å². The summed E-state index contributed by atoms with van der Waals surface area (Å²) in [6.45, 7) is 6.80. The highest BCUT2D eigenvalue weighted by Crippen LogP contribution is 2.36. The molecule has 0 spiro atoms. The van der Waals surface area contributed by atoms with Gasteiger partial charge in [-0.1, -0.05) is 6.07 Å². The van der Waals surface area contributed by atoms with Gasteiger partial charge < -0.3 is 24.2 Å². The molecule has 3 aliphatic heterocycles. The van der Waals surface area contributed by atoms with E-state index in [-0.39, 0.29) is 18.0 Å². The highest BCUT2D eigenvalue weighted by atomic mass is 16.6. The van der Waals surface area contributed by atoms with E-state index < -0.39 is 0 Å². The van der Waals surface area contributed by atoms with Gasteiger partial charge >= 0.3 is 6.09 Å². The molecular formula is C22H31N3O4. The number of methoxy groups -OCH3 is 1. The summed E-state index contributed by atoms with van der Waals surface area (Å²) in [6.07, 6.45) is 3.34. The van der Waals surface area contributed by atoms with Gasteiger partial charge in [0.2, 0.25) is 5.91 Å². The second-order valence-electron chi connectivity index (χ2n) is 8.27. The van der Waals surface area contributed by atoms with Crippen LogP contribution < -0.4 is 9.64 Å². The van der Waals surface area contributed by atoms with Crippen molar-refractivity contribution in [1.29, 1.82) is 0 Å². The van der Waals surface area contributed by atoms with Gasteiger partial charge in [0, 0.05) is 38.8 Å². The maximum absolute atomic E-state index is 12.7. The summed E-state index contributed by atoms with van der Waals surface area (Å²) in [7, 11) is 1.66. The molecule has 0 aromatic heterocycles. The van der Waals surface area contributed by atoms with Crippen molar-refractivity contribution in [2.45, 2.75) is 38.6 Å². The molecule has 0 N–H and O–H groups in total. The number of carbonyl (C=O) groups excluding carboxylic acids is 2. The maximum Gasteiger partial charge on any atom is 0.409 e. The summed E-state index contributed by atoms with van der Waals surface area (Å²) >= 11 is 0. The number of amides is 2. The molecule has 1 aromatic carbocycles. The maximum atomic E-state index is 12.7. The summed E-state index contributed by atoms with van der Waals surface area (Å²) in [5, 5.41) is 0. The van der Waals surface area contributed by atoms with Gasteiger partial charge in [0.15, 0.2) is 0 Å². The van der Waals surface area contributed by atoms with Crippen LogP contribution in [0.2, 0.25) is 0 Å². The van der Waals surface area contributed by atoms with Gasteiger partial charge in [0.1, 0.15) is 5.75 Å². The molecule has 2 amide bonds. The second-order valence-corrected chi connectivity index (χ2v) is 8.27. The Kier molecular flexibility index (Phi) is 5.94. The van der Waals surface area contributed by atoms with Crippen molar-refractivity contribution in [3.8, 4) is 5.75 Å². The summed E-state index contributed by atoms with van der Waals surface area (Å²) in [4.78, 5) is 30.9. The molecular weight excluding hydrogens is 370 g/mol. The predicted molar refractivity (Wildman–Crippen MR) is 110 cm³/mol. The minimum absolute atomic E-state index is 0.186. The highest BCUT2D eigenvalue weighted by Gasteiger charge is 2.37. The summed E-state index contributed by atoms with van der Waals surface area (Å²) in [5.74, 6) is 1.59. The van der Waals surface area contributed by atoms with Gasteiger partial charge in [-0.15, -0.1) is 0 Å². The van der Waals surface area contributed by atoms with Crippen LogP contribution in [-0.2, 0) is 16.0 Å². The smallest absolute Gasteiger partial charge is 0.409 e. The first-order chi connectivity index (χ1) is 14.1. The number of rotatable bonds is 5. The lowest BCUT2D eigenvalue weighted by atomic mass is 9.96. The molecule has 29 heavy (non-hydrogen) atoms. The van der Waals surface area contributed by atoms with E-state index in [1.54, 1.807) is 7.11 Å². The number of hydrogen-bond acceptors (Lipinski definition) is 5. The Balaban J connectivity index is 1.32. The fourth-order valence-corrected chi connectivity index (χ4v) is 4.89. The van der Waals surface area contributed by atoms with E-state index in [0.717, 1.165) is 69.0 Å². The van der Waals surface area contributed by atoms with Crippen molar-refractivity contribution in [1.82, 2.24) is 9.80 Å². The van der Waals surface area contributed by atoms with Gasteiger partial charge in [-0.25, -0.2) is 4.79 Å². The van der Waals surface area contributed by atoms with Crippen LogP contribution in [0.25, 0.3) is 0 Å². The molecule has 2 fully saturated rings. The van der Waals surface area contributed by atoms with Gasteiger partial charge in [0.05, 0.1) is 31.9 Å². The number of ether oxygens (including phenoxy) is 2. The molecule has 7 nitrogen and oxygen atoms in total. The number of likely N-dealkylation sites (tertiary alicyclic amines) is 2. The van der Waals surface area contributed by atoms with Crippen LogP contribution in [0.1, 0.15) is 31.7 Å². The van der Waals surface area contributed by atoms with Gasteiger partial charge in [-0.3, -0.25) is 4.79 Å². The summed E-state index contributed by atoms with van der Waals surface area (Å²) in [5.41, 5.74) is 2.12. The molecule has 1 atom stereocenters. The molecule has 3 heterocycles. The molecule has 0 saturated carbocycles. The molecule has 0 bridgehead atoms. The van der Waals surface area contributed by atoms with Crippen molar-refractivity contribution >= 4 is 17.7 Å². The minimum Gasteiger partial charge on any atom is -0.497 e. The molecule has 7 heteroatoms. The van der Waals surface area contributed by atoms with E-state index in [4.69, 9.17) is 9.47 Å². The van der Waals surface area contributed by atoms with Crippen molar-refractivity contribution < 1.29 is 19.1 Å². The zero-order chi connectivity index (χ0) is 20.4. The number of nitrogens with zero attached hydrogens (tertiary/aromatic N) is 3. The quantitative estimate of drug-likeness (QED) is 0.759. The number of carbonyl (C=O) groups is 2. The number of anilines is 1. The SMILES string of the molecule is CCOC(=O)N1CCC(CN2CC[C@H](N3C(=O)Cc4ccc(OC)cc43)C2)CC1. The zero-order valence-electron chi connectivity index (χ0n) is 17.4. The fraction of sp³-hybridized carbons (Fsp3) is 0.636. The van der Waals surface area contributed by atoms with Crippen molar-refractivity contribution in [2.24, 2.45) is 5.92 Å². The van der Waals surface area contributed by atoms with Crippen LogP contribution >= 0.6 is 0 Å². The lowest BCUT2D eigenvalue weighted by Crippen LogP contribution is -2.43. The average molecular weight is 402 g/mol. The Morgan fingerprint density at radius 2 is 1.97 bits per heavy atom. The molecule has 3 aliphatic rings. The minimum atomic E-state index is -0.186. The van der Waals surface area contributed by atoms with E-state index in [9.17, 15) is 9.59 Å². The molecule has 0 radical (unpaired) electrons. The Bertz CT molecular complexity index is 760. The third kappa shape index (κ3) is 4.20. The Labute approximate surface area is 172 Å². The monoisotopic (exact) mass is 401 g/mol. The van der Waals surface area contributed by atoms with Crippen LogP contribution in [0.5, 0.6) is 5.75 Å². The highest BCUT2D eigenvalue weighted by molar-refractivity contribution is 6.02. The number of fused-ring (bicyclic) bond motifs is 1. The van der Waals surface area contributed by atoms with E-state index in [1.807, 2.05) is 34.9 Å². The van der Waals surface area contributed by atoms with Gasteiger partial charge in [-0.2, -0.15) is 0 Å². The Hall–Kier alpha value is -2.28. The molecule has 158 valence electrons. The first-order valence-electron chi connectivity index (χ1n) is 10.7. The zero-order valence-corrected chi connectivity index (χ0v) is 17.4. The third-order valence-electron chi connectivity index (χ3n) is 6.43. The lowest BCUT2D eigenvalue weighted by molar-refractivity contribution is -0.117. The van der Waals surface area contributed by atoms with E-state index in [0.29, 0.717) is 18.9 Å². The third-order valence-corrected chi connectivity index (χ3v) is 6.43. The first-order valence-corrected chi connectivity index (χ1v) is 10.7. The van der Waals surface area contributed by atoms with E-state index in [1.165, 1.54) is 0 Å². The van der Waals surface area contributed by atoms with Crippen LogP contribution in [-0.4, -0.2) is 74.3 Å². The van der Waals surface area contributed by atoms with E-state index in [2.05, 4.69) is 4.90 Å². The normalized spacial score (nSPS) is 22.8. The Morgan fingerprint density at radius 1 is 1.17 bits per heavy atom. The van der Waals surface area contributed by atoms with Crippen molar-refractivity contribution in [3.05, 3.63) is 23.8 Å². The summed E-state index contributed by atoms with van der Waals surface area (Å²) < 4.78 is 10.5. The van der Waals surface area contributed by atoms with Gasteiger partial charge in [-0.05, 0) is 43.7 Å². The summed E-state index contributed by atoms with van der Waals surface area (Å²) in [6, 6.07) is 6.17. The topological polar surface area (TPSA) is 62.3 Å². The molecule has 0 aliphatic carbocycles. The van der Waals surface area contributed by atoms with E-state index >= 15 is 0 Å². The Morgan fingerprint density at radius 3 is 2.69 bits per heavy atom. The molecule has 4 rings (SSSR count). The largest absolute Gasteiger partial charge is 0.497 e. The molecule has 1 aromatic rings. The fourth-order valence-electron chi connectivity index (χ4n) is 4.89. The number of hydrogen-bond donors (Lipinski definition) is 0. The number of piperidine rings is 1. The standard InChI is InChI=1S/C22H31N3O4/c1-3-29-22(27)24-10-6-16(7-11-24)14-23-9-8-18(15-23)25-20-13-19(28-2)5-4-17(20)12-21(25)26/h4-5,13,16,18H,3,6-12,14-15H2,1-2H3/t18-/m0/s1. The molecule has 2 saturated heterocycles. The van der Waals surface area contributed by atoms with Crippen LogP contribution in [0.3, 0.4) is 0 Å². The van der Waals surface area contributed by atoms with Crippen molar-refractivity contribution in [2.75, 3.05) is 51.3 Å². The van der Waals surface area contributed by atoms with Crippen molar-refractivity contribution in [3.63, 3.8) is 0 Å².